The van der Waals surface area contributed by atoms with E-state index in [1.54, 1.807) is 0 Å². The van der Waals surface area contributed by atoms with E-state index in [0.717, 1.165) is 57.9 Å². The van der Waals surface area contributed by atoms with Crippen molar-refractivity contribution in [1.29, 1.82) is 0 Å². The van der Waals surface area contributed by atoms with Crippen LogP contribution in [0.1, 0.15) is 51.4 Å². The maximum absolute atomic E-state index is 12.7. The third kappa shape index (κ3) is 2.97. The molecule has 1 aliphatic heterocycles. The number of amides is 2. The Morgan fingerprint density at radius 1 is 1.05 bits per heavy atom. The van der Waals surface area contributed by atoms with Crippen LogP contribution >= 0.6 is 0 Å². The van der Waals surface area contributed by atoms with Gasteiger partial charge in [0.25, 0.3) is 0 Å². The van der Waals surface area contributed by atoms with Crippen LogP contribution in [-0.2, 0) is 9.59 Å². The summed E-state index contributed by atoms with van der Waals surface area (Å²) in [5, 5.41) is 3.03. The highest BCUT2D eigenvalue weighted by Crippen LogP contribution is 2.29. The van der Waals surface area contributed by atoms with E-state index in [9.17, 15) is 9.59 Å². The minimum Gasteiger partial charge on any atom is -0.352 e. The zero-order valence-electron chi connectivity index (χ0n) is 12.0. The summed E-state index contributed by atoms with van der Waals surface area (Å²) in [4.78, 5) is 26.7. The molecule has 2 aliphatic carbocycles. The summed E-state index contributed by atoms with van der Waals surface area (Å²) in [5.41, 5.74) is 5.98. The predicted octanol–water partition coefficient (Wildman–Crippen LogP) is 0.773. The number of hydrogen-bond acceptors (Lipinski definition) is 3. The number of carbonyl (C=O) groups is 2. The second-order valence-electron chi connectivity index (χ2n) is 6.60. The Kier molecular flexibility index (Phi) is 3.96. The lowest BCUT2D eigenvalue weighted by Gasteiger charge is -2.32. The topological polar surface area (TPSA) is 75.4 Å². The van der Waals surface area contributed by atoms with Crippen LogP contribution in [0.5, 0.6) is 0 Å². The van der Waals surface area contributed by atoms with Crippen LogP contribution in [0.25, 0.3) is 0 Å². The summed E-state index contributed by atoms with van der Waals surface area (Å²) in [7, 11) is 0. The fourth-order valence-electron chi connectivity index (χ4n) is 3.51. The van der Waals surface area contributed by atoms with Crippen molar-refractivity contribution in [3.63, 3.8) is 0 Å². The molecule has 3 aliphatic rings. The quantitative estimate of drug-likeness (QED) is 0.801. The van der Waals surface area contributed by atoms with E-state index < -0.39 is 0 Å². The number of hydrogen-bond donors (Lipinski definition) is 2. The van der Waals surface area contributed by atoms with Gasteiger partial charge in [0.2, 0.25) is 11.8 Å². The van der Waals surface area contributed by atoms with Crippen LogP contribution in [0, 0.1) is 5.92 Å². The maximum atomic E-state index is 12.7. The van der Waals surface area contributed by atoms with Gasteiger partial charge in [-0.25, -0.2) is 0 Å². The molecule has 3 atom stereocenters. The first-order valence-electron chi connectivity index (χ1n) is 8.01. The number of nitrogens with zero attached hydrogens (tertiary/aromatic N) is 1. The molecule has 112 valence electrons. The van der Waals surface area contributed by atoms with Gasteiger partial charge in [-0.15, -0.1) is 0 Å². The van der Waals surface area contributed by atoms with Crippen LogP contribution in [0.15, 0.2) is 0 Å². The van der Waals surface area contributed by atoms with Crippen molar-refractivity contribution in [3.8, 4) is 0 Å². The second-order valence-corrected chi connectivity index (χ2v) is 6.60. The summed E-state index contributed by atoms with van der Waals surface area (Å²) in [5.74, 6) is 0.250. The Labute approximate surface area is 120 Å². The molecule has 0 aromatic rings. The van der Waals surface area contributed by atoms with E-state index >= 15 is 0 Å². The molecular formula is C15H25N3O2. The van der Waals surface area contributed by atoms with Crippen LogP contribution in [-0.4, -0.2) is 41.4 Å². The zero-order valence-corrected chi connectivity index (χ0v) is 12.0. The number of nitrogens with two attached hydrogens (primary N) is 1. The molecule has 3 N–H and O–H groups in total. The lowest BCUT2D eigenvalue weighted by Crippen LogP contribution is -2.49. The van der Waals surface area contributed by atoms with Gasteiger partial charge in [0.05, 0.1) is 0 Å². The normalized spacial score (nSPS) is 34.0. The van der Waals surface area contributed by atoms with Gasteiger partial charge in [0.15, 0.2) is 0 Å². The monoisotopic (exact) mass is 279 g/mol. The first-order valence-corrected chi connectivity index (χ1v) is 8.01. The smallest absolute Gasteiger partial charge is 0.243 e. The molecule has 0 bridgehead atoms. The molecule has 3 fully saturated rings. The highest BCUT2D eigenvalue weighted by atomic mass is 16.2. The molecule has 5 nitrogen and oxygen atoms in total. The van der Waals surface area contributed by atoms with Gasteiger partial charge in [-0.1, -0.05) is 6.42 Å². The molecule has 0 aromatic carbocycles. The molecule has 3 unspecified atom stereocenters. The molecule has 2 amide bonds. The molecule has 0 aromatic heterocycles. The summed E-state index contributed by atoms with van der Waals surface area (Å²) < 4.78 is 0. The number of nitrogens with one attached hydrogen (secondary N) is 1. The predicted molar refractivity (Wildman–Crippen MR) is 75.8 cm³/mol. The molecule has 1 saturated heterocycles. The van der Waals surface area contributed by atoms with E-state index in [0.29, 0.717) is 6.04 Å². The molecular weight excluding hydrogens is 254 g/mol. The minimum atomic E-state index is -0.235. The minimum absolute atomic E-state index is 0.0353. The van der Waals surface area contributed by atoms with E-state index in [1.165, 1.54) is 0 Å². The SMILES string of the molecule is NC1CCCC(C(=O)N2CCCC2C(=O)NC2CC2)C1. The Morgan fingerprint density at radius 3 is 2.55 bits per heavy atom. The van der Waals surface area contributed by atoms with E-state index in [1.807, 2.05) is 4.90 Å². The Balaban J connectivity index is 1.61. The second kappa shape index (κ2) is 5.72. The van der Waals surface area contributed by atoms with Crippen molar-refractivity contribution in [2.24, 2.45) is 11.7 Å². The highest BCUT2D eigenvalue weighted by Gasteiger charge is 2.39. The molecule has 20 heavy (non-hydrogen) atoms. The summed E-state index contributed by atoms with van der Waals surface area (Å²) in [6.45, 7) is 0.729. The van der Waals surface area contributed by atoms with E-state index in [2.05, 4.69) is 5.32 Å². The molecule has 0 spiro atoms. The first-order chi connectivity index (χ1) is 9.65. The Hall–Kier alpha value is -1.10. The van der Waals surface area contributed by atoms with Gasteiger partial charge in [-0.05, 0) is 44.9 Å². The van der Waals surface area contributed by atoms with Crippen molar-refractivity contribution in [2.45, 2.75) is 69.5 Å². The van der Waals surface area contributed by atoms with Gasteiger partial charge < -0.3 is 16.0 Å². The first kappa shape index (κ1) is 13.9. The van der Waals surface area contributed by atoms with Crippen LogP contribution in [0.4, 0.5) is 0 Å². The van der Waals surface area contributed by atoms with Crippen molar-refractivity contribution in [1.82, 2.24) is 10.2 Å². The molecule has 3 rings (SSSR count). The average molecular weight is 279 g/mol. The lowest BCUT2D eigenvalue weighted by molar-refractivity contribution is -0.142. The molecule has 0 radical (unpaired) electrons. The van der Waals surface area contributed by atoms with Crippen LogP contribution in [0.2, 0.25) is 0 Å². The molecule has 1 heterocycles. The highest BCUT2D eigenvalue weighted by molar-refractivity contribution is 5.89. The third-order valence-corrected chi connectivity index (χ3v) is 4.83. The van der Waals surface area contributed by atoms with E-state index in [4.69, 9.17) is 5.73 Å². The lowest BCUT2D eigenvalue weighted by atomic mass is 9.85. The van der Waals surface area contributed by atoms with Gasteiger partial charge in [-0.3, -0.25) is 9.59 Å². The van der Waals surface area contributed by atoms with Crippen molar-refractivity contribution >= 4 is 11.8 Å². The fourth-order valence-corrected chi connectivity index (χ4v) is 3.51. The van der Waals surface area contributed by atoms with Gasteiger partial charge >= 0.3 is 0 Å². The average Bonchev–Trinajstić information content (AvgIpc) is 3.10. The summed E-state index contributed by atoms with van der Waals surface area (Å²) in [6.07, 6.45) is 7.69. The van der Waals surface area contributed by atoms with Gasteiger partial charge in [-0.2, -0.15) is 0 Å². The van der Waals surface area contributed by atoms with Crippen LogP contribution in [0.3, 0.4) is 0 Å². The van der Waals surface area contributed by atoms with Crippen molar-refractivity contribution in [2.75, 3.05) is 6.54 Å². The van der Waals surface area contributed by atoms with Gasteiger partial charge in [0.1, 0.15) is 6.04 Å². The maximum Gasteiger partial charge on any atom is 0.243 e. The summed E-state index contributed by atoms with van der Waals surface area (Å²) in [6, 6.07) is 0.281. The van der Waals surface area contributed by atoms with Gasteiger partial charge in [0, 0.05) is 24.5 Å². The van der Waals surface area contributed by atoms with Crippen LogP contribution < -0.4 is 11.1 Å². The number of likely N-dealkylation sites (tertiary alicyclic amines) is 1. The summed E-state index contributed by atoms with van der Waals surface area (Å²) >= 11 is 0. The molecule has 2 saturated carbocycles. The van der Waals surface area contributed by atoms with Crippen molar-refractivity contribution < 1.29 is 9.59 Å². The largest absolute Gasteiger partial charge is 0.352 e. The van der Waals surface area contributed by atoms with Crippen molar-refractivity contribution in [3.05, 3.63) is 0 Å². The Morgan fingerprint density at radius 2 is 1.85 bits per heavy atom. The standard InChI is InChI=1S/C15H25N3O2/c16-11-4-1-3-10(9-11)15(20)18-8-2-5-13(18)14(19)17-12-6-7-12/h10-13H,1-9,16H2,(H,17,19). The number of carbonyl (C=O) groups excluding carboxylic acids is 2. The third-order valence-electron chi connectivity index (χ3n) is 4.83. The molecule has 5 heteroatoms. The zero-order chi connectivity index (χ0) is 14.1. The van der Waals surface area contributed by atoms with E-state index in [-0.39, 0.29) is 29.8 Å². The number of rotatable bonds is 3. The fraction of sp³-hybridized carbons (Fsp3) is 0.867. The Bertz CT molecular complexity index is 395.